The molecule has 5 nitrogen and oxygen atoms in total. The number of methoxy groups -OCH3 is 2. The molecule has 0 aliphatic carbocycles. The molecule has 0 radical (unpaired) electrons. The van der Waals surface area contributed by atoms with Crippen molar-refractivity contribution in [3.63, 3.8) is 0 Å². The zero-order chi connectivity index (χ0) is 14.8. The van der Waals surface area contributed by atoms with E-state index < -0.39 is 5.54 Å². The van der Waals surface area contributed by atoms with Crippen LogP contribution in [0.4, 0.5) is 0 Å². The minimum absolute atomic E-state index is 0.124. The Balaban J connectivity index is 2.41. The van der Waals surface area contributed by atoms with Crippen molar-refractivity contribution in [3.8, 4) is 11.5 Å². The van der Waals surface area contributed by atoms with Gasteiger partial charge in [-0.1, -0.05) is 0 Å². The van der Waals surface area contributed by atoms with Crippen LogP contribution >= 0.6 is 15.9 Å². The van der Waals surface area contributed by atoms with Crippen LogP contribution in [0.1, 0.15) is 23.2 Å². The van der Waals surface area contributed by atoms with Crippen molar-refractivity contribution < 1.29 is 19.0 Å². The Morgan fingerprint density at radius 3 is 2.50 bits per heavy atom. The maximum atomic E-state index is 12.7. The average Bonchev–Trinajstić information content (AvgIpc) is 2.47. The lowest BCUT2D eigenvalue weighted by atomic mass is 9.83. The van der Waals surface area contributed by atoms with Crippen molar-refractivity contribution in [2.75, 3.05) is 27.4 Å². The summed E-state index contributed by atoms with van der Waals surface area (Å²) in [6, 6.07) is 3.41. The molecule has 0 aromatic heterocycles. The topological polar surface area (TPSA) is 70.8 Å². The summed E-state index contributed by atoms with van der Waals surface area (Å²) in [6.07, 6.45) is 1.03. The van der Waals surface area contributed by atoms with E-state index in [9.17, 15) is 4.79 Å². The first-order chi connectivity index (χ1) is 9.53. The van der Waals surface area contributed by atoms with E-state index in [0.717, 1.165) is 0 Å². The predicted molar refractivity (Wildman–Crippen MR) is 78.5 cm³/mol. The second-order valence-electron chi connectivity index (χ2n) is 4.76. The van der Waals surface area contributed by atoms with Gasteiger partial charge in [-0.05, 0) is 40.9 Å². The lowest BCUT2D eigenvalue weighted by molar-refractivity contribution is 0.0446. The van der Waals surface area contributed by atoms with Crippen LogP contribution in [0.3, 0.4) is 0 Å². The molecule has 0 amide bonds. The monoisotopic (exact) mass is 343 g/mol. The van der Waals surface area contributed by atoms with E-state index in [1.807, 2.05) is 0 Å². The van der Waals surface area contributed by atoms with Crippen LogP contribution in [0.25, 0.3) is 0 Å². The summed E-state index contributed by atoms with van der Waals surface area (Å²) < 4.78 is 16.4. The van der Waals surface area contributed by atoms with Crippen LogP contribution < -0.4 is 15.2 Å². The Bertz CT molecular complexity index is 512. The maximum Gasteiger partial charge on any atom is 0.186 e. The summed E-state index contributed by atoms with van der Waals surface area (Å²) >= 11 is 3.39. The number of nitrogens with two attached hydrogens (primary N) is 1. The molecule has 1 heterocycles. The first-order valence-corrected chi connectivity index (χ1v) is 7.14. The van der Waals surface area contributed by atoms with Crippen LogP contribution in [0.5, 0.6) is 11.5 Å². The number of carbonyl (C=O) groups excluding carboxylic acids is 1. The zero-order valence-corrected chi connectivity index (χ0v) is 13.2. The summed E-state index contributed by atoms with van der Waals surface area (Å²) in [6.45, 7) is 1.00. The lowest BCUT2D eigenvalue weighted by Crippen LogP contribution is -2.52. The molecule has 110 valence electrons. The standard InChI is InChI=1S/C14H18BrNO4/c1-18-10-4-3-9(12(19-2)11(10)15)13(17)14(16)5-7-20-8-6-14/h3-4H,5-8,16H2,1-2H3. The molecule has 0 atom stereocenters. The lowest BCUT2D eigenvalue weighted by Gasteiger charge is -2.32. The molecule has 1 fully saturated rings. The fourth-order valence-corrected chi connectivity index (χ4v) is 2.97. The summed E-state index contributed by atoms with van der Waals surface area (Å²) in [7, 11) is 3.08. The molecular formula is C14H18BrNO4. The molecule has 0 spiro atoms. The minimum atomic E-state index is -0.889. The molecule has 1 aliphatic heterocycles. The highest BCUT2D eigenvalue weighted by Crippen LogP contribution is 2.39. The van der Waals surface area contributed by atoms with E-state index in [0.29, 0.717) is 47.6 Å². The normalized spacial score (nSPS) is 17.6. The number of benzene rings is 1. The van der Waals surface area contributed by atoms with Gasteiger partial charge >= 0.3 is 0 Å². The molecule has 2 rings (SSSR count). The van der Waals surface area contributed by atoms with Gasteiger partial charge in [-0.15, -0.1) is 0 Å². The predicted octanol–water partition coefficient (Wildman–Crippen LogP) is 2.16. The van der Waals surface area contributed by atoms with E-state index >= 15 is 0 Å². The summed E-state index contributed by atoms with van der Waals surface area (Å²) in [5.41, 5.74) is 5.82. The first-order valence-electron chi connectivity index (χ1n) is 6.35. The van der Waals surface area contributed by atoms with Crippen molar-refractivity contribution in [2.45, 2.75) is 18.4 Å². The van der Waals surface area contributed by atoms with E-state index in [1.54, 1.807) is 19.2 Å². The third-order valence-electron chi connectivity index (χ3n) is 3.57. The average molecular weight is 344 g/mol. The van der Waals surface area contributed by atoms with E-state index in [4.69, 9.17) is 19.9 Å². The van der Waals surface area contributed by atoms with Gasteiger partial charge in [0.05, 0.1) is 25.3 Å². The number of halogens is 1. The molecule has 0 bridgehead atoms. The Hall–Kier alpha value is -1.11. The Kier molecular flexibility index (Phi) is 4.67. The van der Waals surface area contributed by atoms with Crippen molar-refractivity contribution >= 4 is 21.7 Å². The third-order valence-corrected chi connectivity index (χ3v) is 4.32. The van der Waals surface area contributed by atoms with Gasteiger partial charge in [0.2, 0.25) is 0 Å². The van der Waals surface area contributed by atoms with Crippen LogP contribution in [0.15, 0.2) is 16.6 Å². The maximum absolute atomic E-state index is 12.7. The first kappa shape index (κ1) is 15.3. The minimum Gasteiger partial charge on any atom is -0.495 e. The molecule has 6 heteroatoms. The largest absolute Gasteiger partial charge is 0.495 e. The van der Waals surface area contributed by atoms with Crippen molar-refractivity contribution in [1.82, 2.24) is 0 Å². The second-order valence-corrected chi connectivity index (χ2v) is 5.55. The summed E-state index contributed by atoms with van der Waals surface area (Å²) in [4.78, 5) is 12.7. The van der Waals surface area contributed by atoms with Gasteiger partial charge in [-0.2, -0.15) is 0 Å². The molecular weight excluding hydrogens is 326 g/mol. The van der Waals surface area contributed by atoms with Gasteiger partial charge in [-0.3, -0.25) is 4.79 Å². The molecule has 20 heavy (non-hydrogen) atoms. The molecule has 1 saturated heterocycles. The third kappa shape index (κ3) is 2.68. The quantitative estimate of drug-likeness (QED) is 0.848. The highest BCUT2D eigenvalue weighted by atomic mass is 79.9. The van der Waals surface area contributed by atoms with Gasteiger partial charge in [0.1, 0.15) is 16.0 Å². The number of ketones is 1. The van der Waals surface area contributed by atoms with Gasteiger partial charge in [-0.25, -0.2) is 0 Å². The van der Waals surface area contributed by atoms with Crippen LogP contribution in [0.2, 0.25) is 0 Å². The second kappa shape index (κ2) is 6.11. The molecule has 2 N–H and O–H groups in total. The molecule has 1 aromatic rings. The molecule has 1 aromatic carbocycles. The number of hydrogen-bond donors (Lipinski definition) is 1. The van der Waals surface area contributed by atoms with Crippen LogP contribution in [0, 0.1) is 0 Å². The number of Topliss-reactive ketones (excluding diaryl/α,β-unsaturated/α-hetero) is 1. The SMILES string of the molecule is COc1ccc(C(=O)C2(N)CCOCC2)c(OC)c1Br. The molecule has 1 aliphatic rings. The smallest absolute Gasteiger partial charge is 0.186 e. The van der Waals surface area contributed by atoms with Gasteiger partial charge in [0.25, 0.3) is 0 Å². The van der Waals surface area contributed by atoms with E-state index in [-0.39, 0.29) is 5.78 Å². The fourth-order valence-electron chi connectivity index (χ4n) is 2.30. The summed E-state index contributed by atoms with van der Waals surface area (Å²) in [5.74, 6) is 0.933. The van der Waals surface area contributed by atoms with Crippen molar-refractivity contribution in [2.24, 2.45) is 5.73 Å². The van der Waals surface area contributed by atoms with E-state index in [1.165, 1.54) is 7.11 Å². The van der Waals surface area contributed by atoms with E-state index in [2.05, 4.69) is 15.9 Å². The highest BCUT2D eigenvalue weighted by Gasteiger charge is 2.38. The van der Waals surface area contributed by atoms with Crippen LogP contribution in [-0.2, 0) is 4.74 Å². The van der Waals surface area contributed by atoms with Gasteiger partial charge < -0.3 is 19.9 Å². The number of carbonyl (C=O) groups is 1. The number of hydrogen-bond acceptors (Lipinski definition) is 5. The number of rotatable bonds is 4. The molecule has 0 unspecified atom stereocenters. The Labute approximate surface area is 126 Å². The van der Waals surface area contributed by atoms with Gasteiger partial charge in [0, 0.05) is 13.2 Å². The Morgan fingerprint density at radius 1 is 1.30 bits per heavy atom. The number of ether oxygens (including phenoxy) is 3. The van der Waals surface area contributed by atoms with Crippen molar-refractivity contribution in [1.29, 1.82) is 0 Å². The zero-order valence-electron chi connectivity index (χ0n) is 11.6. The molecule has 0 saturated carbocycles. The fraction of sp³-hybridized carbons (Fsp3) is 0.500. The highest BCUT2D eigenvalue weighted by molar-refractivity contribution is 9.10. The van der Waals surface area contributed by atoms with Crippen LogP contribution in [-0.4, -0.2) is 38.8 Å². The Morgan fingerprint density at radius 2 is 1.95 bits per heavy atom. The van der Waals surface area contributed by atoms with Crippen molar-refractivity contribution in [3.05, 3.63) is 22.2 Å². The summed E-state index contributed by atoms with van der Waals surface area (Å²) in [5, 5.41) is 0. The van der Waals surface area contributed by atoms with Gasteiger partial charge in [0.15, 0.2) is 5.78 Å².